The predicted molar refractivity (Wildman–Crippen MR) is 87.8 cm³/mol. The number of piperidine rings is 1. The van der Waals surface area contributed by atoms with E-state index in [0.29, 0.717) is 30.2 Å². The molecular weight excluding hydrogens is 308 g/mol. The highest BCUT2D eigenvalue weighted by molar-refractivity contribution is 5.95. The lowest BCUT2D eigenvalue weighted by Gasteiger charge is -2.33. The first kappa shape index (κ1) is 16.7. The highest BCUT2D eigenvalue weighted by atomic mass is 16.5. The number of rotatable bonds is 4. The molecule has 1 saturated heterocycles. The van der Waals surface area contributed by atoms with Crippen LogP contribution in [-0.2, 0) is 11.3 Å². The van der Waals surface area contributed by atoms with Gasteiger partial charge in [0.1, 0.15) is 29.8 Å². The summed E-state index contributed by atoms with van der Waals surface area (Å²) in [5, 5.41) is 4.48. The lowest BCUT2D eigenvalue weighted by Crippen LogP contribution is -2.41. The standard InChI is InChI=1S/C17H24N4O3/c1-11-16(8-15(24-11)10-23-4)17(22)20-7-5-6-14(9-20)21-13(3)18-12(2)19-21/h8,14H,5-7,9-10H2,1-4H3/t14-/m0/s1. The van der Waals surface area contributed by atoms with Gasteiger partial charge in [-0.05, 0) is 39.7 Å². The van der Waals surface area contributed by atoms with E-state index in [1.807, 2.05) is 30.4 Å². The Kier molecular flexibility index (Phi) is 4.71. The third kappa shape index (κ3) is 3.21. The number of amides is 1. The third-order valence-electron chi connectivity index (χ3n) is 4.42. The first-order chi connectivity index (χ1) is 11.5. The van der Waals surface area contributed by atoms with Gasteiger partial charge in [-0.25, -0.2) is 9.67 Å². The van der Waals surface area contributed by atoms with Gasteiger partial charge in [0, 0.05) is 20.2 Å². The van der Waals surface area contributed by atoms with E-state index in [1.165, 1.54) is 0 Å². The fourth-order valence-electron chi connectivity index (χ4n) is 3.36. The van der Waals surface area contributed by atoms with Crippen molar-refractivity contribution in [3.63, 3.8) is 0 Å². The summed E-state index contributed by atoms with van der Waals surface area (Å²) in [6, 6.07) is 1.96. The van der Waals surface area contributed by atoms with Crippen LogP contribution in [-0.4, -0.2) is 45.8 Å². The zero-order valence-electron chi connectivity index (χ0n) is 14.7. The number of hydrogen-bond donors (Lipinski definition) is 0. The summed E-state index contributed by atoms with van der Waals surface area (Å²) >= 11 is 0. The number of hydrogen-bond acceptors (Lipinski definition) is 5. The number of ether oxygens (including phenoxy) is 1. The van der Waals surface area contributed by atoms with E-state index in [1.54, 1.807) is 13.2 Å². The normalized spacial score (nSPS) is 18.2. The molecule has 0 N–H and O–H groups in total. The molecule has 0 aliphatic carbocycles. The Morgan fingerprint density at radius 2 is 2.21 bits per heavy atom. The highest BCUT2D eigenvalue weighted by Crippen LogP contribution is 2.25. The van der Waals surface area contributed by atoms with Gasteiger partial charge in [-0.2, -0.15) is 5.10 Å². The maximum absolute atomic E-state index is 12.9. The lowest BCUT2D eigenvalue weighted by molar-refractivity contribution is 0.0669. The van der Waals surface area contributed by atoms with Crippen LogP contribution in [0.5, 0.6) is 0 Å². The molecule has 24 heavy (non-hydrogen) atoms. The summed E-state index contributed by atoms with van der Waals surface area (Å²) in [5.41, 5.74) is 0.620. The molecule has 7 nitrogen and oxygen atoms in total. The second-order valence-corrected chi connectivity index (χ2v) is 6.31. The number of carbonyl (C=O) groups is 1. The molecule has 1 amide bonds. The Balaban J connectivity index is 1.77. The number of carbonyl (C=O) groups excluding carboxylic acids is 1. The molecule has 0 bridgehead atoms. The van der Waals surface area contributed by atoms with Crippen molar-refractivity contribution >= 4 is 5.91 Å². The quantitative estimate of drug-likeness (QED) is 0.860. The van der Waals surface area contributed by atoms with Crippen LogP contribution in [0.1, 0.15) is 52.4 Å². The number of likely N-dealkylation sites (tertiary alicyclic amines) is 1. The zero-order chi connectivity index (χ0) is 17.3. The molecule has 2 aromatic heterocycles. The van der Waals surface area contributed by atoms with Crippen LogP contribution in [0.2, 0.25) is 0 Å². The van der Waals surface area contributed by atoms with Crippen LogP contribution in [0.4, 0.5) is 0 Å². The molecule has 0 unspecified atom stereocenters. The number of methoxy groups -OCH3 is 1. The number of aryl methyl sites for hydroxylation is 3. The highest BCUT2D eigenvalue weighted by Gasteiger charge is 2.29. The molecule has 0 aromatic carbocycles. The van der Waals surface area contributed by atoms with E-state index >= 15 is 0 Å². The molecular formula is C17H24N4O3. The van der Waals surface area contributed by atoms with Crippen molar-refractivity contribution in [2.75, 3.05) is 20.2 Å². The fourth-order valence-corrected chi connectivity index (χ4v) is 3.36. The average molecular weight is 332 g/mol. The maximum atomic E-state index is 12.9. The van der Waals surface area contributed by atoms with Gasteiger partial charge in [0.25, 0.3) is 5.91 Å². The van der Waals surface area contributed by atoms with Crippen molar-refractivity contribution in [3.8, 4) is 0 Å². The topological polar surface area (TPSA) is 73.4 Å². The van der Waals surface area contributed by atoms with Crippen molar-refractivity contribution in [2.24, 2.45) is 0 Å². The Morgan fingerprint density at radius 3 is 2.88 bits per heavy atom. The third-order valence-corrected chi connectivity index (χ3v) is 4.42. The van der Waals surface area contributed by atoms with Crippen molar-refractivity contribution in [1.29, 1.82) is 0 Å². The predicted octanol–water partition coefficient (Wildman–Crippen LogP) is 2.42. The van der Waals surface area contributed by atoms with Gasteiger partial charge in [-0.15, -0.1) is 0 Å². The minimum atomic E-state index is 0.0118. The maximum Gasteiger partial charge on any atom is 0.257 e. The Bertz CT molecular complexity index is 734. The van der Waals surface area contributed by atoms with Crippen molar-refractivity contribution in [3.05, 3.63) is 34.8 Å². The zero-order valence-corrected chi connectivity index (χ0v) is 14.7. The van der Waals surface area contributed by atoms with Crippen LogP contribution in [0.15, 0.2) is 10.5 Å². The summed E-state index contributed by atoms with van der Waals surface area (Å²) in [6.45, 7) is 7.44. The van der Waals surface area contributed by atoms with Gasteiger partial charge < -0.3 is 14.1 Å². The van der Waals surface area contributed by atoms with Crippen molar-refractivity contribution in [1.82, 2.24) is 19.7 Å². The second kappa shape index (κ2) is 6.76. The van der Waals surface area contributed by atoms with E-state index in [0.717, 1.165) is 31.0 Å². The molecule has 2 aromatic rings. The number of furan rings is 1. The van der Waals surface area contributed by atoms with Crippen molar-refractivity contribution < 1.29 is 13.9 Å². The minimum Gasteiger partial charge on any atom is -0.463 e. The molecule has 0 radical (unpaired) electrons. The van der Waals surface area contributed by atoms with E-state index in [9.17, 15) is 4.79 Å². The van der Waals surface area contributed by atoms with E-state index in [-0.39, 0.29) is 11.9 Å². The summed E-state index contributed by atoms with van der Waals surface area (Å²) in [4.78, 5) is 19.1. The minimum absolute atomic E-state index is 0.0118. The molecule has 3 heterocycles. The summed E-state index contributed by atoms with van der Waals surface area (Å²) in [7, 11) is 1.61. The first-order valence-electron chi connectivity index (χ1n) is 8.27. The SMILES string of the molecule is COCc1cc(C(=O)N2CCC[C@H](n3nc(C)nc3C)C2)c(C)o1. The Hall–Kier alpha value is -2.15. The van der Waals surface area contributed by atoms with E-state index < -0.39 is 0 Å². The molecule has 1 aliphatic rings. The number of nitrogens with zero attached hydrogens (tertiary/aromatic N) is 4. The Labute approximate surface area is 141 Å². The smallest absolute Gasteiger partial charge is 0.257 e. The monoisotopic (exact) mass is 332 g/mol. The molecule has 130 valence electrons. The summed E-state index contributed by atoms with van der Waals surface area (Å²) < 4.78 is 12.6. The largest absolute Gasteiger partial charge is 0.463 e. The van der Waals surface area contributed by atoms with Crippen LogP contribution in [0.3, 0.4) is 0 Å². The number of aromatic nitrogens is 3. The van der Waals surface area contributed by atoms with Gasteiger partial charge in [-0.1, -0.05) is 0 Å². The van der Waals surface area contributed by atoms with Gasteiger partial charge >= 0.3 is 0 Å². The molecule has 1 fully saturated rings. The van der Waals surface area contributed by atoms with Crippen LogP contribution < -0.4 is 0 Å². The Morgan fingerprint density at radius 1 is 1.42 bits per heavy atom. The van der Waals surface area contributed by atoms with Gasteiger partial charge in [0.15, 0.2) is 0 Å². The first-order valence-corrected chi connectivity index (χ1v) is 8.27. The fraction of sp³-hybridized carbons (Fsp3) is 0.588. The molecule has 1 atom stereocenters. The van der Waals surface area contributed by atoms with Crippen LogP contribution >= 0.6 is 0 Å². The molecule has 0 spiro atoms. The molecule has 3 rings (SSSR count). The lowest BCUT2D eigenvalue weighted by atomic mass is 10.0. The van der Waals surface area contributed by atoms with E-state index in [4.69, 9.17) is 9.15 Å². The van der Waals surface area contributed by atoms with Crippen LogP contribution in [0, 0.1) is 20.8 Å². The van der Waals surface area contributed by atoms with Crippen LogP contribution in [0.25, 0.3) is 0 Å². The van der Waals surface area contributed by atoms with Gasteiger partial charge in [-0.3, -0.25) is 4.79 Å². The van der Waals surface area contributed by atoms with Crippen molar-refractivity contribution in [2.45, 2.75) is 46.3 Å². The molecule has 0 saturated carbocycles. The van der Waals surface area contributed by atoms with E-state index in [2.05, 4.69) is 10.1 Å². The summed E-state index contributed by atoms with van der Waals surface area (Å²) in [5.74, 6) is 2.99. The molecule has 7 heteroatoms. The molecule has 1 aliphatic heterocycles. The second-order valence-electron chi connectivity index (χ2n) is 6.31. The summed E-state index contributed by atoms with van der Waals surface area (Å²) in [6.07, 6.45) is 1.96. The van der Waals surface area contributed by atoms with Gasteiger partial charge in [0.2, 0.25) is 0 Å². The average Bonchev–Trinajstić information content (AvgIpc) is 3.09. The van der Waals surface area contributed by atoms with Gasteiger partial charge in [0.05, 0.1) is 11.6 Å².